The summed E-state index contributed by atoms with van der Waals surface area (Å²) in [5.74, 6) is 1.41. The zero-order valence-corrected chi connectivity index (χ0v) is 17.1. The van der Waals surface area contributed by atoms with Crippen LogP contribution in [0.15, 0.2) is 35.4 Å². The fourth-order valence-electron chi connectivity index (χ4n) is 3.07. The number of likely N-dealkylation sites (N-methyl/N-ethyl adjacent to an activating group) is 1. The van der Waals surface area contributed by atoms with Gasteiger partial charge in [-0.25, -0.2) is 15.0 Å². The summed E-state index contributed by atoms with van der Waals surface area (Å²) in [6.45, 7) is 3.31. The Morgan fingerprint density at radius 1 is 1.18 bits per heavy atom. The van der Waals surface area contributed by atoms with Gasteiger partial charge in [0.2, 0.25) is 0 Å². The number of aromatic nitrogens is 4. The number of aryl methyl sites for hydroxylation is 1. The summed E-state index contributed by atoms with van der Waals surface area (Å²) in [6, 6.07) is 7.63. The first-order chi connectivity index (χ1) is 13.5. The first-order valence-electron chi connectivity index (χ1n) is 8.93. The second-order valence-corrected chi connectivity index (χ2v) is 7.87. The van der Waals surface area contributed by atoms with Crippen molar-refractivity contribution in [1.82, 2.24) is 24.4 Å². The van der Waals surface area contributed by atoms with Gasteiger partial charge in [-0.1, -0.05) is 0 Å². The Morgan fingerprint density at radius 2 is 1.93 bits per heavy atom. The van der Waals surface area contributed by atoms with Crippen LogP contribution >= 0.6 is 11.3 Å². The van der Waals surface area contributed by atoms with Gasteiger partial charge in [0.1, 0.15) is 15.3 Å². The highest BCUT2D eigenvalue weighted by molar-refractivity contribution is 7.25. The molecule has 4 rings (SSSR count). The maximum Gasteiger partial charge on any atom is 0.271 e. The maximum atomic E-state index is 12.9. The minimum Gasteiger partial charge on any atom is -0.497 e. The van der Waals surface area contributed by atoms with Crippen LogP contribution in [0.1, 0.15) is 5.69 Å². The SMILES string of the molecule is COc1ccc(-c2nc(C)c3c(n2)sc2c(=O)n(CCN(C)C)cnc23)cc1. The molecule has 0 saturated carbocycles. The Bertz CT molecular complexity index is 1210. The fraction of sp³-hybridized carbons (Fsp3) is 0.300. The van der Waals surface area contributed by atoms with Crippen molar-refractivity contribution in [2.75, 3.05) is 27.7 Å². The molecule has 0 amide bonds. The predicted molar refractivity (Wildman–Crippen MR) is 112 cm³/mol. The lowest BCUT2D eigenvalue weighted by Gasteiger charge is -2.10. The van der Waals surface area contributed by atoms with E-state index < -0.39 is 0 Å². The number of benzene rings is 1. The van der Waals surface area contributed by atoms with E-state index in [4.69, 9.17) is 9.72 Å². The van der Waals surface area contributed by atoms with E-state index >= 15 is 0 Å². The molecule has 0 bridgehead atoms. The lowest BCUT2D eigenvalue weighted by atomic mass is 10.2. The van der Waals surface area contributed by atoms with Crippen molar-refractivity contribution in [2.45, 2.75) is 13.5 Å². The molecule has 144 valence electrons. The zero-order chi connectivity index (χ0) is 19.8. The lowest BCUT2D eigenvalue weighted by molar-refractivity contribution is 0.380. The number of fused-ring (bicyclic) bond motifs is 3. The molecule has 0 aliphatic heterocycles. The van der Waals surface area contributed by atoms with Crippen molar-refractivity contribution in [2.24, 2.45) is 0 Å². The number of ether oxygens (including phenoxy) is 1. The van der Waals surface area contributed by atoms with E-state index in [-0.39, 0.29) is 5.56 Å². The van der Waals surface area contributed by atoms with E-state index in [1.54, 1.807) is 18.0 Å². The average molecular weight is 395 g/mol. The van der Waals surface area contributed by atoms with Crippen LogP contribution in [0.25, 0.3) is 31.8 Å². The van der Waals surface area contributed by atoms with Gasteiger partial charge in [-0.3, -0.25) is 9.36 Å². The third kappa shape index (κ3) is 3.25. The Kier molecular flexibility index (Phi) is 4.82. The molecular weight excluding hydrogens is 374 g/mol. The predicted octanol–water partition coefficient (Wildman–Crippen LogP) is 2.95. The summed E-state index contributed by atoms with van der Waals surface area (Å²) in [7, 11) is 5.60. The highest BCUT2D eigenvalue weighted by Gasteiger charge is 2.17. The van der Waals surface area contributed by atoms with Gasteiger partial charge in [0, 0.05) is 18.7 Å². The molecule has 3 heterocycles. The molecule has 3 aromatic heterocycles. The van der Waals surface area contributed by atoms with Gasteiger partial charge in [0.05, 0.1) is 30.0 Å². The van der Waals surface area contributed by atoms with Crippen LogP contribution < -0.4 is 10.3 Å². The van der Waals surface area contributed by atoms with Gasteiger partial charge >= 0.3 is 0 Å². The second kappa shape index (κ2) is 7.29. The molecule has 0 saturated heterocycles. The third-order valence-corrected chi connectivity index (χ3v) is 5.69. The Morgan fingerprint density at radius 3 is 2.61 bits per heavy atom. The highest BCUT2D eigenvalue weighted by atomic mass is 32.1. The monoisotopic (exact) mass is 395 g/mol. The molecule has 0 N–H and O–H groups in total. The van der Waals surface area contributed by atoms with E-state index in [1.165, 1.54) is 11.3 Å². The number of hydrogen-bond acceptors (Lipinski definition) is 7. The summed E-state index contributed by atoms with van der Waals surface area (Å²) >= 11 is 1.38. The summed E-state index contributed by atoms with van der Waals surface area (Å²) in [5, 5.41) is 0.856. The lowest BCUT2D eigenvalue weighted by Crippen LogP contribution is -2.26. The first-order valence-corrected chi connectivity index (χ1v) is 9.75. The number of rotatable bonds is 5. The molecule has 0 unspecified atom stereocenters. The normalized spacial score (nSPS) is 11.6. The first kappa shape index (κ1) is 18.5. The van der Waals surface area contributed by atoms with E-state index in [1.807, 2.05) is 50.2 Å². The van der Waals surface area contributed by atoms with Crippen LogP contribution in [0.5, 0.6) is 5.75 Å². The molecule has 28 heavy (non-hydrogen) atoms. The average Bonchev–Trinajstić information content (AvgIpc) is 3.07. The Balaban J connectivity index is 1.84. The van der Waals surface area contributed by atoms with Crippen molar-refractivity contribution in [3.05, 3.63) is 46.6 Å². The largest absolute Gasteiger partial charge is 0.497 e. The maximum absolute atomic E-state index is 12.9. The molecule has 0 atom stereocenters. The highest BCUT2D eigenvalue weighted by Crippen LogP contribution is 2.32. The van der Waals surface area contributed by atoms with E-state index in [2.05, 4.69) is 9.97 Å². The van der Waals surface area contributed by atoms with Crippen molar-refractivity contribution in [1.29, 1.82) is 0 Å². The smallest absolute Gasteiger partial charge is 0.271 e. The van der Waals surface area contributed by atoms with Crippen LogP contribution in [0.4, 0.5) is 0 Å². The topological polar surface area (TPSA) is 73.1 Å². The summed E-state index contributed by atoms with van der Waals surface area (Å²) in [5.41, 5.74) is 2.38. The Hall–Kier alpha value is -2.84. The molecule has 8 heteroatoms. The van der Waals surface area contributed by atoms with Crippen LogP contribution in [-0.4, -0.2) is 52.2 Å². The number of nitrogens with zero attached hydrogens (tertiary/aromatic N) is 5. The van der Waals surface area contributed by atoms with Gasteiger partial charge in [-0.2, -0.15) is 0 Å². The van der Waals surface area contributed by atoms with Gasteiger partial charge in [-0.05, 0) is 45.3 Å². The van der Waals surface area contributed by atoms with Crippen LogP contribution in [-0.2, 0) is 6.54 Å². The molecule has 0 aliphatic carbocycles. The standard InChI is InChI=1S/C20H21N5O2S/c1-12-15-16-17(20(26)25(11-21-16)10-9-24(2)3)28-19(15)23-18(22-12)13-5-7-14(27-4)8-6-13/h5-8,11H,9-10H2,1-4H3. The summed E-state index contributed by atoms with van der Waals surface area (Å²) < 4.78 is 7.49. The Labute approximate surface area is 166 Å². The van der Waals surface area contributed by atoms with Crippen molar-refractivity contribution >= 4 is 31.8 Å². The van der Waals surface area contributed by atoms with Crippen LogP contribution in [0.2, 0.25) is 0 Å². The van der Waals surface area contributed by atoms with E-state index in [0.29, 0.717) is 22.6 Å². The minimum atomic E-state index is -0.0275. The van der Waals surface area contributed by atoms with Gasteiger partial charge in [0.15, 0.2) is 5.82 Å². The van der Waals surface area contributed by atoms with E-state index in [0.717, 1.165) is 33.8 Å². The van der Waals surface area contributed by atoms with Gasteiger partial charge in [0.25, 0.3) is 5.56 Å². The van der Waals surface area contributed by atoms with Crippen molar-refractivity contribution in [3.63, 3.8) is 0 Å². The second-order valence-electron chi connectivity index (χ2n) is 6.87. The molecule has 4 aromatic rings. The zero-order valence-electron chi connectivity index (χ0n) is 16.3. The van der Waals surface area contributed by atoms with Crippen LogP contribution in [0, 0.1) is 6.92 Å². The van der Waals surface area contributed by atoms with Gasteiger partial charge < -0.3 is 9.64 Å². The molecule has 0 aliphatic rings. The summed E-state index contributed by atoms with van der Waals surface area (Å²) in [6.07, 6.45) is 1.62. The molecule has 0 radical (unpaired) electrons. The number of thiophene rings is 1. The molecule has 0 spiro atoms. The third-order valence-electron chi connectivity index (χ3n) is 4.62. The number of hydrogen-bond donors (Lipinski definition) is 0. The molecule has 7 nitrogen and oxygen atoms in total. The molecular formula is C20H21N5O2S. The summed E-state index contributed by atoms with van der Waals surface area (Å²) in [4.78, 5) is 29.6. The quantitative estimate of drug-likeness (QED) is 0.517. The van der Waals surface area contributed by atoms with Crippen molar-refractivity contribution in [3.8, 4) is 17.1 Å². The number of methoxy groups -OCH3 is 1. The van der Waals surface area contributed by atoms with Crippen LogP contribution in [0.3, 0.4) is 0 Å². The molecule has 1 aromatic carbocycles. The van der Waals surface area contributed by atoms with Gasteiger partial charge in [-0.15, -0.1) is 11.3 Å². The minimum absolute atomic E-state index is 0.0275. The van der Waals surface area contributed by atoms with Crippen molar-refractivity contribution < 1.29 is 4.74 Å². The fourth-order valence-corrected chi connectivity index (χ4v) is 4.19. The van der Waals surface area contributed by atoms with E-state index in [9.17, 15) is 4.79 Å². The molecule has 0 fully saturated rings.